The average Bonchev–Trinajstić information content (AvgIpc) is 3.05. The van der Waals surface area contributed by atoms with Crippen molar-refractivity contribution in [3.63, 3.8) is 0 Å². The van der Waals surface area contributed by atoms with Crippen molar-refractivity contribution >= 4 is 11.8 Å². The van der Waals surface area contributed by atoms with Gasteiger partial charge in [-0.25, -0.2) is 4.68 Å². The van der Waals surface area contributed by atoms with E-state index in [0.717, 1.165) is 24.0 Å². The standard InChI is InChI=1S/C23H30N2O3/c1-7-19(26)28-22-18(13-24-25(22)8-2)21(27)17-12-14(3)16-10-9-11-23(5,6)20(16)15(17)4/h12-13H,7-11H2,1-6H3. The minimum absolute atomic E-state index is 0.0455. The summed E-state index contributed by atoms with van der Waals surface area (Å²) in [5, 5.41) is 4.26. The number of aromatic nitrogens is 2. The summed E-state index contributed by atoms with van der Waals surface area (Å²) in [4.78, 5) is 25.4. The minimum atomic E-state index is -0.372. The smallest absolute Gasteiger partial charge is 0.312 e. The van der Waals surface area contributed by atoms with Gasteiger partial charge in [0.1, 0.15) is 5.56 Å². The summed E-state index contributed by atoms with van der Waals surface area (Å²) < 4.78 is 7.02. The van der Waals surface area contributed by atoms with Crippen LogP contribution in [0.15, 0.2) is 12.3 Å². The number of ether oxygens (including phenoxy) is 1. The Kier molecular flexibility index (Phi) is 5.46. The molecule has 1 aliphatic carbocycles. The Balaban J connectivity index is 2.14. The molecular formula is C23H30N2O3. The Morgan fingerprint density at radius 3 is 2.57 bits per heavy atom. The molecule has 2 aromatic rings. The monoisotopic (exact) mass is 382 g/mol. The topological polar surface area (TPSA) is 61.2 Å². The Labute approximate surface area is 167 Å². The van der Waals surface area contributed by atoms with E-state index in [9.17, 15) is 9.59 Å². The van der Waals surface area contributed by atoms with Gasteiger partial charge in [0.2, 0.25) is 5.88 Å². The number of hydrogen-bond donors (Lipinski definition) is 0. The van der Waals surface area contributed by atoms with Crippen LogP contribution in [0.5, 0.6) is 5.88 Å². The quantitative estimate of drug-likeness (QED) is 0.556. The molecule has 1 aliphatic rings. The van der Waals surface area contributed by atoms with Gasteiger partial charge in [0, 0.05) is 18.5 Å². The van der Waals surface area contributed by atoms with E-state index in [1.807, 2.05) is 19.9 Å². The number of hydrogen-bond acceptors (Lipinski definition) is 4. The lowest BCUT2D eigenvalue weighted by Gasteiger charge is -2.36. The van der Waals surface area contributed by atoms with E-state index in [4.69, 9.17) is 4.74 Å². The highest BCUT2D eigenvalue weighted by atomic mass is 16.5. The molecule has 3 rings (SSSR count). The van der Waals surface area contributed by atoms with E-state index in [2.05, 4.69) is 25.9 Å². The molecule has 0 saturated heterocycles. The molecule has 28 heavy (non-hydrogen) atoms. The van der Waals surface area contributed by atoms with Gasteiger partial charge in [0.25, 0.3) is 0 Å². The zero-order chi connectivity index (χ0) is 20.6. The summed E-state index contributed by atoms with van der Waals surface area (Å²) in [6.45, 7) is 12.8. The highest BCUT2D eigenvalue weighted by Crippen LogP contribution is 2.41. The fourth-order valence-electron chi connectivity index (χ4n) is 4.46. The van der Waals surface area contributed by atoms with Crippen molar-refractivity contribution in [2.45, 2.75) is 79.2 Å². The second-order valence-electron chi connectivity index (χ2n) is 8.29. The third kappa shape index (κ3) is 3.38. The lowest BCUT2D eigenvalue weighted by Crippen LogP contribution is -2.27. The molecule has 0 atom stereocenters. The molecule has 0 aliphatic heterocycles. The Morgan fingerprint density at radius 2 is 1.93 bits per heavy atom. The number of benzene rings is 1. The van der Waals surface area contributed by atoms with Crippen LogP contribution >= 0.6 is 0 Å². The van der Waals surface area contributed by atoms with Crippen molar-refractivity contribution in [3.8, 4) is 5.88 Å². The van der Waals surface area contributed by atoms with Gasteiger partial charge < -0.3 is 4.74 Å². The van der Waals surface area contributed by atoms with Crippen LogP contribution in [0.3, 0.4) is 0 Å². The first-order valence-electron chi connectivity index (χ1n) is 10.2. The van der Waals surface area contributed by atoms with Crippen molar-refractivity contribution in [3.05, 3.63) is 45.6 Å². The van der Waals surface area contributed by atoms with Crippen LogP contribution in [-0.4, -0.2) is 21.5 Å². The van der Waals surface area contributed by atoms with Crippen LogP contribution in [0, 0.1) is 13.8 Å². The third-order valence-corrected chi connectivity index (χ3v) is 5.90. The molecule has 0 spiro atoms. The van der Waals surface area contributed by atoms with Gasteiger partial charge in [-0.05, 0) is 73.8 Å². The number of fused-ring (bicyclic) bond motifs is 1. The molecule has 150 valence electrons. The second-order valence-corrected chi connectivity index (χ2v) is 8.29. The van der Waals surface area contributed by atoms with Crippen LogP contribution < -0.4 is 4.74 Å². The molecule has 0 radical (unpaired) electrons. The van der Waals surface area contributed by atoms with Crippen molar-refractivity contribution < 1.29 is 14.3 Å². The average molecular weight is 383 g/mol. The number of rotatable bonds is 5. The Hall–Kier alpha value is -2.43. The van der Waals surface area contributed by atoms with Gasteiger partial charge in [-0.1, -0.05) is 20.8 Å². The van der Waals surface area contributed by atoms with E-state index >= 15 is 0 Å². The predicted molar refractivity (Wildman–Crippen MR) is 109 cm³/mol. The summed E-state index contributed by atoms with van der Waals surface area (Å²) in [5.41, 5.74) is 5.95. The second kappa shape index (κ2) is 7.53. The Morgan fingerprint density at radius 1 is 1.21 bits per heavy atom. The molecule has 0 amide bonds. The van der Waals surface area contributed by atoms with Crippen molar-refractivity contribution in [1.29, 1.82) is 0 Å². The largest absolute Gasteiger partial charge is 0.407 e. The number of carbonyl (C=O) groups is 2. The highest BCUT2D eigenvalue weighted by Gasteiger charge is 2.33. The van der Waals surface area contributed by atoms with Gasteiger partial charge >= 0.3 is 5.97 Å². The van der Waals surface area contributed by atoms with Gasteiger partial charge in [-0.3, -0.25) is 9.59 Å². The third-order valence-electron chi connectivity index (χ3n) is 5.90. The first kappa shape index (κ1) is 20.3. The van der Waals surface area contributed by atoms with Crippen LogP contribution in [0.2, 0.25) is 0 Å². The zero-order valence-electron chi connectivity index (χ0n) is 17.8. The van der Waals surface area contributed by atoms with E-state index < -0.39 is 0 Å². The molecule has 0 fully saturated rings. The van der Waals surface area contributed by atoms with Gasteiger partial charge in [-0.15, -0.1) is 0 Å². The first-order valence-corrected chi connectivity index (χ1v) is 10.2. The maximum Gasteiger partial charge on any atom is 0.312 e. The van der Waals surface area contributed by atoms with Crippen LogP contribution in [0.25, 0.3) is 0 Å². The van der Waals surface area contributed by atoms with E-state index in [1.54, 1.807) is 11.6 Å². The van der Waals surface area contributed by atoms with Crippen LogP contribution in [0.4, 0.5) is 0 Å². The number of ketones is 1. The number of nitrogens with zero attached hydrogens (tertiary/aromatic N) is 2. The fourth-order valence-corrected chi connectivity index (χ4v) is 4.46. The molecule has 0 bridgehead atoms. The summed E-state index contributed by atoms with van der Waals surface area (Å²) >= 11 is 0. The molecule has 5 heteroatoms. The highest BCUT2D eigenvalue weighted by molar-refractivity contribution is 6.11. The molecule has 5 nitrogen and oxygen atoms in total. The lowest BCUT2D eigenvalue weighted by molar-refractivity contribution is -0.134. The molecule has 0 N–H and O–H groups in total. The molecule has 1 heterocycles. The molecular weight excluding hydrogens is 352 g/mol. The maximum absolute atomic E-state index is 13.5. The van der Waals surface area contributed by atoms with Gasteiger partial charge in [0.15, 0.2) is 5.78 Å². The van der Waals surface area contributed by atoms with Crippen LogP contribution in [-0.2, 0) is 23.2 Å². The summed E-state index contributed by atoms with van der Waals surface area (Å²) in [7, 11) is 0. The molecule has 0 unspecified atom stereocenters. The van der Waals surface area contributed by atoms with E-state index in [-0.39, 0.29) is 29.5 Å². The Bertz CT molecular complexity index is 938. The number of aryl methyl sites for hydroxylation is 2. The maximum atomic E-state index is 13.5. The lowest BCUT2D eigenvalue weighted by atomic mass is 9.68. The summed E-state index contributed by atoms with van der Waals surface area (Å²) in [5.74, 6) is -0.263. The van der Waals surface area contributed by atoms with Gasteiger partial charge in [-0.2, -0.15) is 5.10 Å². The molecule has 0 saturated carbocycles. The SMILES string of the molecule is CCC(=O)Oc1c(C(=O)c2cc(C)c3c(c2C)C(C)(C)CCC3)cnn1CC. The van der Waals surface area contributed by atoms with Crippen molar-refractivity contribution in [2.24, 2.45) is 0 Å². The van der Waals surface area contributed by atoms with Crippen molar-refractivity contribution in [1.82, 2.24) is 9.78 Å². The minimum Gasteiger partial charge on any atom is -0.407 e. The van der Waals surface area contributed by atoms with Crippen molar-refractivity contribution in [2.75, 3.05) is 0 Å². The van der Waals surface area contributed by atoms with E-state index in [1.165, 1.54) is 23.7 Å². The predicted octanol–water partition coefficient (Wildman–Crippen LogP) is 4.68. The van der Waals surface area contributed by atoms with Gasteiger partial charge in [0.05, 0.1) is 6.20 Å². The first-order chi connectivity index (χ1) is 13.2. The summed E-state index contributed by atoms with van der Waals surface area (Å²) in [6.07, 6.45) is 5.11. The zero-order valence-corrected chi connectivity index (χ0v) is 17.8. The molecule has 1 aromatic heterocycles. The summed E-state index contributed by atoms with van der Waals surface area (Å²) in [6, 6.07) is 1.99. The van der Waals surface area contributed by atoms with Crippen LogP contribution in [0.1, 0.15) is 85.1 Å². The normalized spacial score (nSPS) is 15.2. The number of esters is 1. The number of carbonyl (C=O) groups excluding carboxylic acids is 2. The van der Waals surface area contributed by atoms with E-state index in [0.29, 0.717) is 17.7 Å². The fraction of sp³-hybridized carbons (Fsp3) is 0.522. The molecule has 1 aromatic carbocycles.